The molecule has 0 aromatic heterocycles. The first-order valence-electron chi connectivity index (χ1n) is 17.7. The smallest absolute Gasteiger partial charge is 0.242 e. The van der Waals surface area contributed by atoms with Crippen molar-refractivity contribution in [3.05, 3.63) is 0 Å². The molecule has 1 aliphatic carbocycles. The molecule has 1 aliphatic rings. The van der Waals surface area contributed by atoms with Crippen LogP contribution >= 0.6 is 7.37 Å². The summed E-state index contributed by atoms with van der Waals surface area (Å²) in [5.41, 5.74) is 0. The van der Waals surface area contributed by atoms with Crippen molar-refractivity contribution in [2.24, 2.45) is 23.6 Å². The number of carbonyl (C=O) groups excluding carboxylic acids is 5. The third kappa shape index (κ3) is 25.0. The molecule has 0 aliphatic heterocycles. The second kappa shape index (κ2) is 29.5. The van der Waals surface area contributed by atoms with Gasteiger partial charge in [-0.3, -0.25) is 28.5 Å². The summed E-state index contributed by atoms with van der Waals surface area (Å²) in [5.74, 6) is 12.1. The first-order chi connectivity index (χ1) is 25.4. The second-order valence-corrected chi connectivity index (χ2v) is 15.2. The molecule has 1 fully saturated rings. The van der Waals surface area contributed by atoms with Crippen LogP contribution in [0.3, 0.4) is 0 Å². The van der Waals surface area contributed by atoms with Gasteiger partial charge in [0.2, 0.25) is 29.5 Å². The molecular weight excluding hydrogens is 723 g/mol. The quantitative estimate of drug-likeness (QED) is 0.0208. The summed E-state index contributed by atoms with van der Waals surface area (Å²) < 4.78 is 33.6. The van der Waals surface area contributed by atoms with Crippen molar-refractivity contribution < 1.29 is 61.8 Å². The van der Waals surface area contributed by atoms with E-state index in [-0.39, 0.29) is 123 Å². The van der Waals surface area contributed by atoms with E-state index < -0.39 is 43.1 Å². The zero-order valence-corrected chi connectivity index (χ0v) is 31.8. The van der Waals surface area contributed by atoms with E-state index in [1.165, 1.54) is 0 Å². The van der Waals surface area contributed by atoms with E-state index in [1.807, 2.05) is 0 Å². The minimum Gasteiger partial charge on any atom is -0.377 e. The number of carbonyl (C=O) groups is 5. The summed E-state index contributed by atoms with van der Waals surface area (Å²) in [6.45, 7) is 5.33. The molecule has 0 aromatic carbocycles. The number of rotatable bonds is 31. The number of hydrogen-bond donors (Lipinski definition) is 8. The van der Waals surface area contributed by atoms with Gasteiger partial charge < -0.3 is 59.8 Å². The van der Waals surface area contributed by atoms with Crippen LogP contribution in [0.5, 0.6) is 0 Å². The molecule has 22 heteroatoms. The van der Waals surface area contributed by atoms with Gasteiger partial charge in [0, 0.05) is 51.7 Å². The SMILES string of the molecule is CP(C)(=O)OC1CCC(C(=O)NC(CCC(=O)NC(CCC(=O)NCCOCCON)C(=O)NCCOCCON)C(=O)NCCOCCON)CC1. The summed E-state index contributed by atoms with van der Waals surface area (Å²) in [4.78, 5) is 78.4. The molecule has 53 heavy (non-hydrogen) atoms. The van der Waals surface area contributed by atoms with E-state index in [9.17, 15) is 28.5 Å². The van der Waals surface area contributed by atoms with Gasteiger partial charge in [0.05, 0.1) is 65.6 Å². The Morgan fingerprint density at radius 1 is 0.604 bits per heavy atom. The molecule has 0 heterocycles. The van der Waals surface area contributed by atoms with Crippen LogP contribution < -0.4 is 44.3 Å². The van der Waals surface area contributed by atoms with Crippen LogP contribution in [0.2, 0.25) is 0 Å². The lowest BCUT2D eigenvalue weighted by atomic mass is 9.86. The zero-order chi connectivity index (χ0) is 39.3. The highest BCUT2D eigenvalue weighted by Gasteiger charge is 2.32. The van der Waals surface area contributed by atoms with Crippen LogP contribution in [0.4, 0.5) is 0 Å². The third-order valence-electron chi connectivity index (χ3n) is 7.75. The van der Waals surface area contributed by atoms with Gasteiger partial charge in [-0.1, -0.05) is 0 Å². The molecule has 0 bridgehead atoms. The van der Waals surface area contributed by atoms with E-state index in [0.717, 1.165) is 0 Å². The monoisotopic (exact) mass is 784 g/mol. The minimum absolute atomic E-state index is 0.0269. The van der Waals surface area contributed by atoms with Crippen molar-refractivity contribution >= 4 is 36.9 Å². The Bertz CT molecular complexity index is 1110. The molecule has 1 saturated carbocycles. The fourth-order valence-corrected chi connectivity index (χ4v) is 6.08. The predicted molar refractivity (Wildman–Crippen MR) is 191 cm³/mol. The van der Waals surface area contributed by atoms with Gasteiger partial charge in [-0.25, -0.2) is 17.7 Å². The van der Waals surface area contributed by atoms with Crippen LogP contribution in [0, 0.1) is 5.92 Å². The summed E-state index contributed by atoms with van der Waals surface area (Å²) >= 11 is 0. The lowest BCUT2D eigenvalue weighted by molar-refractivity contribution is -0.133. The maximum absolute atomic E-state index is 13.3. The van der Waals surface area contributed by atoms with Gasteiger partial charge in [0.1, 0.15) is 12.1 Å². The van der Waals surface area contributed by atoms with Crippen molar-refractivity contribution in [1.29, 1.82) is 0 Å². The predicted octanol–water partition coefficient (Wildman–Crippen LogP) is -2.30. The molecule has 308 valence electrons. The second-order valence-electron chi connectivity index (χ2n) is 12.5. The van der Waals surface area contributed by atoms with E-state index in [4.69, 9.17) is 36.4 Å². The first-order valence-corrected chi connectivity index (χ1v) is 20.3. The van der Waals surface area contributed by atoms with E-state index in [0.29, 0.717) is 25.7 Å². The highest BCUT2D eigenvalue weighted by atomic mass is 31.2. The highest BCUT2D eigenvalue weighted by Crippen LogP contribution is 2.42. The topological polar surface area (TPSA) is 305 Å². The third-order valence-corrected chi connectivity index (χ3v) is 8.55. The fourth-order valence-electron chi connectivity index (χ4n) is 5.15. The van der Waals surface area contributed by atoms with Gasteiger partial charge in [-0.15, -0.1) is 0 Å². The van der Waals surface area contributed by atoms with E-state index >= 15 is 0 Å². The molecule has 0 radical (unpaired) electrons. The Kier molecular flexibility index (Phi) is 26.9. The van der Waals surface area contributed by atoms with Gasteiger partial charge in [-0.05, 0) is 38.5 Å². The number of nitrogens with one attached hydrogen (secondary N) is 5. The summed E-state index contributed by atoms with van der Waals surface area (Å²) in [7, 11) is -2.68. The Morgan fingerprint density at radius 3 is 1.49 bits per heavy atom. The minimum atomic E-state index is -2.68. The standard InChI is InChI=1S/C31H61N8O13P/c1-53(2,45)52-24-5-3-23(4-6-24)29(42)39-26(31(44)37-13-16-48-19-22-51-34)8-10-28(41)38-25(30(43)36-12-15-47-18-21-50-33)7-9-27(40)35-11-14-46-17-20-49-32/h23-26H,3-22,32-34H2,1-2H3,(H,35,40)(H,36,43)(H,37,44)(H,38,41)(H,39,42). The average Bonchev–Trinajstić information content (AvgIpc) is 3.12. The maximum atomic E-state index is 13.3. The Balaban J connectivity index is 2.84. The zero-order valence-electron chi connectivity index (χ0n) is 30.9. The maximum Gasteiger partial charge on any atom is 0.242 e. The molecule has 0 saturated heterocycles. The van der Waals surface area contributed by atoms with Crippen molar-refractivity contribution in [3.8, 4) is 0 Å². The van der Waals surface area contributed by atoms with Crippen LogP contribution in [0.25, 0.3) is 0 Å². The van der Waals surface area contributed by atoms with Crippen molar-refractivity contribution in [2.45, 2.75) is 69.6 Å². The Labute approximate surface area is 310 Å². The molecule has 2 unspecified atom stereocenters. The largest absolute Gasteiger partial charge is 0.377 e. The van der Waals surface area contributed by atoms with Gasteiger partial charge in [-0.2, -0.15) is 0 Å². The average molecular weight is 785 g/mol. The van der Waals surface area contributed by atoms with Crippen molar-refractivity contribution in [2.75, 3.05) is 92.4 Å². The molecular formula is C31H61N8O13P. The fraction of sp³-hybridized carbons (Fsp3) is 0.839. The summed E-state index contributed by atoms with van der Waals surface area (Å²) in [6.07, 6.45) is 1.41. The highest BCUT2D eigenvalue weighted by molar-refractivity contribution is 7.57. The van der Waals surface area contributed by atoms with Gasteiger partial charge in [0.25, 0.3) is 0 Å². The molecule has 1 rings (SSSR count). The van der Waals surface area contributed by atoms with Crippen LogP contribution in [0.15, 0.2) is 0 Å². The summed E-state index contributed by atoms with van der Waals surface area (Å²) in [5, 5.41) is 13.5. The number of amides is 5. The van der Waals surface area contributed by atoms with Gasteiger partial charge >= 0.3 is 0 Å². The Morgan fingerprint density at radius 2 is 1.04 bits per heavy atom. The van der Waals surface area contributed by atoms with Crippen molar-refractivity contribution in [3.63, 3.8) is 0 Å². The lowest BCUT2D eigenvalue weighted by Gasteiger charge is -2.30. The van der Waals surface area contributed by atoms with E-state index in [2.05, 4.69) is 41.1 Å². The molecule has 21 nitrogen and oxygen atoms in total. The first kappa shape index (κ1) is 48.2. The van der Waals surface area contributed by atoms with Crippen LogP contribution in [-0.2, 0) is 61.8 Å². The number of ether oxygens (including phenoxy) is 3. The molecule has 11 N–H and O–H groups in total. The Hall–Kier alpha value is -2.82. The number of hydrogen-bond acceptors (Lipinski definition) is 16. The summed E-state index contributed by atoms with van der Waals surface area (Å²) in [6, 6.07) is -2.17. The number of nitrogens with two attached hydrogens (primary N) is 3. The lowest BCUT2D eigenvalue weighted by Crippen LogP contribution is -2.51. The normalized spacial score (nSPS) is 17.0. The molecule has 2 atom stereocenters. The molecule has 0 aromatic rings. The molecule has 5 amide bonds. The molecule has 0 spiro atoms. The van der Waals surface area contributed by atoms with Crippen molar-refractivity contribution in [1.82, 2.24) is 26.6 Å². The van der Waals surface area contributed by atoms with E-state index in [1.54, 1.807) is 13.3 Å². The van der Waals surface area contributed by atoms with Gasteiger partial charge in [0.15, 0.2) is 7.37 Å². The van der Waals surface area contributed by atoms with Crippen LogP contribution in [0.1, 0.15) is 51.4 Å². The van der Waals surface area contributed by atoms with Crippen LogP contribution in [-0.4, -0.2) is 140 Å².